The molecule has 2 fully saturated rings. The van der Waals surface area contributed by atoms with Crippen molar-refractivity contribution in [2.45, 2.75) is 77.5 Å². The van der Waals surface area contributed by atoms with E-state index in [1.807, 2.05) is 49.6 Å². The largest absolute Gasteiger partial charge is 0.453 e. The van der Waals surface area contributed by atoms with Gasteiger partial charge in [-0.05, 0) is 85.0 Å². The smallest absolute Gasteiger partial charge is 0.407 e. The highest BCUT2D eigenvalue weighted by Crippen LogP contribution is 2.43. The number of imidazole rings is 2. The number of benzene rings is 2. The first kappa shape index (κ1) is 39.4. The summed E-state index contributed by atoms with van der Waals surface area (Å²) in [5.41, 5.74) is 5.66. The fourth-order valence-electron chi connectivity index (χ4n) is 8.18. The highest BCUT2D eigenvalue weighted by Gasteiger charge is 2.39. The normalized spacial score (nSPS) is 18.1. The number of hydrogen-bond donors (Lipinski definition) is 4. The van der Waals surface area contributed by atoms with E-state index in [9.17, 15) is 19.2 Å². The monoisotopic (exact) mass is 824 g/mol. The van der Waals surface area contributed by atoms with Crippen LogP contribution in [0, 0.1) is 11.8 Å². The van der Waals surface area contributed by atoms with Gasteiger partial charge in [0, 0.05) is 32.2 Å². The molecule has 0 saturated carbocycles. The number of thiophene rings is 2. The Kier molecular flexibility index (Phi) is 10.9. The maximum absolute atomic E-state index is 13.6. The minimum absolute atomic E-state index is 0.104. The Hall–Kier alpha value is -5.48. The predicted octanol–water partition coefficient (Wildman–Crippen LogP) is 8.14. The SMILES string of the molecule is COC(=O)NC(C(=O)N1CCCC1c1nc2cc(-c3cc4sc(-c5ccc6nc(C7CCCN7C(=O)[C@@H](NC(=O)OC)C(C)C)[nH]c6c5)cc4s3)ccc2[nH]1)C(C)C. The van der Waals surface area contributed by atoms with Gasteiger partial charge in [-0.3, -0.25) is 9.59 Å². The van der Waals surface area contributed by atoms with E-state index in [4.69, 9.17) is 19.4 Å². The van der Waals surface area contributed by atoms with Crippen LogP contribution in [0.1, 0.15) is 77.1 Å². The lowest BCUT2D eigenvalue weighted by Gasteiger charge is -2.29. The molecular formula is C42H48N8O6S2. The Morgan fingerprint density at radius 3 is 1.67 bits per heavy atom. The van der Waals surface area contributed by atoms with E-state index in [1.165, 1.54) is 23.6 Å². The molecule has 2 aliphatic rings. The molecule has 0 bridgehead atoms. The maximum atomic E-state index is 13.6. The summed E-state index contributed by atoms with van der Waals surface area (Å²) in [5, 5.41) is 5.43. The van der Waals surface area contributed by atoms with Crippen LogP contribution in [-0.4, -0.2) is 93.1 Å². The summed E-state index contributed by atoms with van der Waals surface area (Å²) >= 11 is 3.49. The van der Waals surface area contributed by atoms with Crippen molar-refractivity contribution in [3.05, 3.63) is 60.2 Å². The van der Waals surface area contributed by atoms with Crippen molar-refractivity contribution in [3.63, 3.8) is 0 Å². The summed E-state index contributed by atoms with van der Waals surface area (Å²) in [7, 11) is 2.59. The number of carbonyl (C=O) groups excluding carboxylic acids is 4. The first-order valence-corrected chi connectivity index (χ1v) is 21.4. The van der Waals surface area contributed by atoms with Gasteiger partial charge >= 0.3 is 12.2 Å². The third-order valence-corrected chi connectivity index (χ3v) is 13.7. The van der Waals surface area contributed by atoms with Gasteiger partial charge in [0.15, 0.2) is 0 Å². The summed E-state index contributed by atoms with van der Waals surface area (Å²) in [5.74, 6) is 1.02. The van der Waals surface area contributed by atoms with Crippen LogP contribution in [0.25, 0.3) is 52.3 Å². The van der Waals surface area contributed by atoms with Crippen molar-refractivity contribution < 1.29 is 28.7 Å². The summed E-state index contributed by atoms with van der Waals surface area (Å²) < 4.78 is 12.0. The zero-order valence-corrected chi connectivity index (χ0v) is 35.0. The number of amides is 4. The molecule has 2 saturated heterocycles. The lowest BCUT2D eigenvalue weighted by Crippen LogP contribution is -2.51. The van der Waals surface area contributed by atoms with Crippen molar-refractivity contribution in [1.82, 2.24) is 40.4 Å². The minimum atomic E-state index is -0.687. The molecule has 8 rings (SSSR count). The van der Waals surface area contributed by atoms with Gasteiger partial charge in [-0.15, -0.1) is 22.7 Å². The van der Waals surface area contributed by atoms with Crippen molar-refractivity contribution in [2.24, 2.45) is 11.8 Å². The molecule has 304 valence electrons. The summed E-state index contributed by atoms with van der Waals surface area (Å²) in [6, 6.07) is 15.2. The van der Waals surface area contributed by atoms with Crippen LogP contribution in [0.4, 0.5) is 9.59 Å². The number of likely N-dealkylation sites (tertiary alicyclic amines) is 2. The van der Waals surface area contributed by atoms with Gasteiger partial charge in [0.1, 0.15) is 23.7 Å². The lowest BCUT2D eigenvalue weighted by atomic mass is 10.0. The molecule has 14 nitrogen and oxygen atoms in total. The second kappa shape index (κ2) is 16.0. The van der Waals surface area contributed by atoms with Gasteiger partial charge in [-0.1, -0.05) is 39.8 Å². The number of aromatic amines is 2. The Labute approximate surface area is 343 Å². The second-order valence-corrected chi connectivity index (χ2v) is 17.9. The number of carbonyl (C=O) groups is 4. The van der Waals surface area contributed by atoms with E-state index in [0.29, 0.717) is 13.1 Å². The Morgan fingerprint density at radius 1 is 0.672 bits per heavy atom. The van der Waals surface area contributed by atoms with Crippen LogP contribution in [0.5, 0.6) is 0 Å². The Morgan fingerprint density at radius 2 is 1.16 bits per heavy atom. The fraction of sp³-hybridized carbons (Fsp3) is 0.429. The number of nitrogens with one attached hydrogen (secondary N) is 4. The number of aromatic nitrogens is 4. The first-order chi connectivity index (χ1) is 27.9. The second-order valence-electron chi connectivity index (χ2n) is 15.8. The molecule has 0 aliphatic carbocycles. The van der Waals surface area contributed by atoms with E-state index in [2.05, 4.69) is 57.0 Å². The van der Waals surface area contributed by atoms with E-state index >= 15 is 0 Å². The van der Waals surface area contributed by atoms with Gasteiger partial charge in [-0.25, -0.2) is 19.6 Å². The average molecular weight is 825 g/mol. The molecular weight excluding hydrogens is 777 g/mol. The van der Waals surface area contributed by atoms with Gasteiger partial charge in [0.05, 0.1) is 48.4 Å². The maximum Gasteiger partial charge on any atom is 0.407 e. The third kappa shape index (κ3) is 7.50. The number of methoxy groups -OCH3 is 2. The molecule has 4 N–H and O–H groups in total. The number of nitrogens with zero attached hydrogens (tertiary/aromatic N) is 4. The predicted molar refractivity (Wildman–Crippen MR) is 226 cm³/mol. The minimum Gasteiger partial charge on any atom is -0.453 e. The standard InChI is InChI=1S/C42H48N8O6S2/c1-21(2)35(47-41(53)55-5)39(51)49-15-7-9-29(49)37-43-25-13-11-23(17-27(25)45-37)31-19-33-34(57-31)20-32(58-33)24-12-14-26-28(18-24)46-38(44-26)30-10-8-16-50(30)40(52)36(22(3)4)48-42(54)56-6/h11-14,17-22,29-30,35-36H,7-10,15-16H2,1-6H3,(H,43,45)(H,44,46)(H,47,53)(H,48,54)/t29?,30?,35-,36?/m0/s1. The Balaban J connectivity index is 0.987. The summed E-state index contributed by atoms with van der Waals surface area (Å²) in [6.45, 7) is 8.83. The van der Waals surface area contributed by atoms with Crippen LogP contribution in [0.3, 0.4) is 0 Å². The molecule has 3 unspecified atom stereocenters. The number of rotatable bonds is 10. The topological polar surface area (TPSA) is 175 Å². The molecule has 58 heavy (non-hydrogen) atoms. The Bertz CT molecular complexity index is 2320. The van der Waals surface area contributed by atoms with Crippen molar-refractivity contribution in [2.75, 3.05) is 27.3 Å². The molecule has 4 amide bonds. The fourth-order valence-corrected chi connectivity index (χ4v) is 10.6. The van der Waals surface area contributed by atoms with Crippen LogP contribution in [-0.2, 0) is 19.1 Å². The highest BCUT2D eigenvalue weighted by atomic mass is 32.1. The molecule has 6 aromatic rings. The van der Waals surface area contributed by atoms with Gasteiger partial charge in [0.2, 0.25) is 11.8 Å². The number of hydrogen-bond acceptors (Lipinski definition) is 10. The first-order valence-electron chi connectivity index (χ1n) is 19.8. The number of H-pyrrole nitrogens is 2. The molecule has 0 radical (unpaired) electrons. The van der Waals surface area contributed by atoms with Crippen molar-refractivity contribution in [1.29, 1.82) is 0 Å². The van der Waals surface area contributed by atoms with Crippen molar-refractivity contribution >= 4 is 78.1 Å². The van der Waals surface area contributed by atoms with Gasteiger partial charge in [0.25, 0.3) is 0 Å². The summed E-state index contributed by atoms with van der Waals surface area (Å²) in [4.78, 5) is 74.1. The third-order valence-electron chi connectivity index (χ3n) is 11.3. The van der Waals surface area contributed by atoms with E-state index < -0.39 is 24.3 Å². The molecule has 6 heterocycles. The van der Waals surface area contributed by atoms with E-state index in [1.54, 1.807) is 22.7 Å². The molecule has 2 aromatic carbocycles. The average Bonchev–Trinajstić information content (AvgIpc) is 4.06. The zero-order valence-electron chi connectivity index (χ0n) is 33.4. The quantitative estimate of drug-likeness (QED) is 0.107. The highest BCUT2D eigenvalue weighted by molar-refractivity contribution is 7.31. The van der Waals surface area contributed by atoms with Crippen molar-refractivity contribution in [3.8, 4) is 20.9 Å². The molecule has 4 atom stereocenters. The molecule has 4 aromatic heterocycles. The number of ether oxygens (including phenoxy) is 2. The van der Waals surface area contributed by atoms with Gasteiger partial charge in [-0.2, -0.15) is 0 Å². The number of fused-ring (bicyclic) bond motifs is 3. The lowest BCUT2D eigenvalue weighted by molar-refractivity contribution is -0.136. The van der Waals surface area contributed by atoms with Crippen LogP contribution < -0.4 is 10.6 Å². The zero-order chi connectivity index (χ0) is 40.8. The van der Waals surface area contributed by atoms with Crippen LogP contribution >= 0.6 is 22.7 Å². The van der Waals surface area contributed by atoms with E-state index in [-0.39, 0.29) is 35.7 Å². The van der Waals surface area contributed by atoms with Crippen LogP contribution in [0.2, 0.25) is 0 Å². The van der Waals surface area contributed by atoms with E-state index in [0.717, 1.165) is 80.3 Å². The summed E-state index contributed by atoms with van der Waals surface area (Å²) in [6.07, 6.45) is 2.04. The molecule has 2 aliphatic heterocycles. The molecule has 16 heteroatoms. The van der Waals surface area contributed by atoms with Gasteiger partial charge < -0.3 is 39.9 Å². The van der Waals surface area contributed by atoms with Crippen LogP contribution in [0.15, 0.2) is 48.5 Å². The number of alkyl carbamates (subject to hydrolysis) is 2. The molecule has 0 spiro atoms.